The van der Waals surface area contributed by atoms with Crippen LogP contribution in [0.15, 0.2) is 0 Å². The SMILES string of the molecule is CC(C)CC(=O)N1CCC(C)C1CO. The topological polar surface area (TPSA) is 40.5 Å². The molecule has 1 saturated heterocycles. The molecule has 3 heteroatoms. The number of aliphatic hydroxyl groups excluding tert-OH is 1. The van der Waals surface area contributed by atoms with Crippen molar-refractivity contribution in [1.29, 1.82) is 0 Å². The van der Waals surface area contributed by atoms with Crippen LogP contribution in [-0.4, -0.2) is 35.1 Å². The third-order valence-electron chi connectivity index (χ3n) is 2.97. The van der Waals surface area contributed by atoms with Gasteiger partial charge in [-0.2, -0.15) is 0 Å². The van der Waals surface area contributed by atoms with Crippen molar-refractivity contribution in [3.63, 3.8) is 0 Å². The fourth-order valence-electron chi connectivity index (χ4n) is 2.06. The van der Waals surface area contributed by atoms with Crippen molar-refractivity contribution >= 4 is 5.91 Å². The van der Waals surface area contributed by atoms with E-state index in [0.717, 1.165) is 13.0 Å². The monoisotopic (exact) mass is 199 g/mol. The van der Waals surface area contributed by atoms with Crippen LogP contribution in [-0.2, 0) is 4.79 Å². The molecule has 0 aliphatic carbocycles. The summed E-state index contributed by atoms with van der Waals surface area (Å²) in [6.45, 7) is 7.11. The number of amides is 1. The summed E-state index contributed by atoms with van der Waals surface area (Å²) in [5.74, 6) is 1.04. The lowest BCUT2D eigenvalue weighted by molar-refractivity contribution is -0.133. The van der Waals surface area contributed by atoms with Crippen LogP contribution < -0.4 is 0 Å². The molecule has 0 saturated carbocycles. The minimum absolute atomic E-state index is 0.0567. The maximum absolute atomic E-state index is 11.8. The molecule has 3 nitrogen and oxygen atoms in total. The molecule has 0 radical (unpaired) electrons. The van der Waals surface area contributed by atoms with E-state index < -0.39 is 0 Å². The zero-order valence-corrected chi connectivity index (χ0v) is 9.36. The van der Waals surface area contributed by atoms with Crippen LogP contribution in [0.4, 0.5) is 0 Å². The molecule has 0 spiro atoms. The maximum atomic E-state index is 11.8. The Morgan fingerprint density at radius 1 is 1.57 bits per heavy atom. The van der Waals surface area contributed by atoms with Crippen molar-refractivity contribution in [3.05, 3.63) is 0 Å². The molecular formula is C11H21NO2. The Morgan fingerprint density at radius 3 is 2.71 bits per heavy atom. The molecule has 82 valence electrons. The van der Waals surface area contributed by atoms with E-state index in [1.165, 1.54) is 0 Å². The van der Waals surface area contributed by atoms with Gasteiger partial charge < -0.3 is 10.0 Å². The Bertz CT molecular complexity index is 203. The second kappa shape index (κ2) is 4.78. The Labute approximate surface area is 86.1 Å². The van der Waals surface area contributed by atoms with Crippen molar-refractivity contribution in [1.82, 2.24) is 4.90 Å². The predicted molar refractivity (Wildman–Crippen MR) is 55.8 cm³/mol. The lowest BCUT2D eigenvalue weighted by Crippen LogP contribution is -2.40. The van der Waals surface area contributed by atoms with E-state index in [-0.39, 0.29) is 18.6 Å². The molecule has 1 rings (SSSR count). The standard InChI is InChI=1S/C11H21NO2/c1-8(2)6-11(14)12-5-4-9(3)10(12)7-13/h8-10,13H,4-7H2,1-3H3. The molecule has 1 aliphatic rings. The quantitative estimate of drug-likeness (QED) is 0.743. The van der Waals surface area contributed by atoms with Crippen LogP contribution in [0.5, 0.6) is 0 Å². The summed E-state index contributed by atoms with van der Waals surface area (Å²) in [4.78, 5) is 13.6. The number of aliphatic hydroxyl groups is 1. The highest BCUT2D eigenvalue weighted by atomic mass is 16.3. The Balaban J connectivity index is 2.55. The summed E-state index contributed by atoms with van der Waals surface area (Å²) in [7, 11) is 0. The van der Waals surface area contributed by atoms with Crippen LogP contribution in [0, 0.1) is 11.8 Å². The van der Waals surface area contributed by atoms with E-state index >= 15 is 0 Å². The summed E-state index contributed by atoms with van der Waals surface area (Å²) in [5, 5.41) is 9.20. The summed E-state index contributed by atoms with van der Waals surface area (Å²) in [6.07, 6.45) is 1.62. The Morgan fingerprint density at radius 2 is 2.21 bits per heavy atom. The van der Waals surface area contributed by atoms with Crippen LogP contribution in [0.25, 0.3) is 0 Å². The van der Waals surface area contributed by atoms with Crippen molar-refractivity contribution in [2.24, 2.45) is 11.8 Å². The fourth-order valence-corrected chi connectivity index (χ4v) is 2.06. The van der Waals surface area contributed by atoms with Gasteiger partial charge in [0.1, 0.15) is 0 Å². The molecule has 0 aromatic carbocycles. The van der Waals surface area contributed by atoms with Gasteiger partial charge in [-0.1, -0.05) is 20.8 Å². The molecule has 1 amide bonds. The van der Waals surface area contributed by atoms with Gasteiger partial charge in [0.15, 0.2) is 0 Å². The molecule has 2 unspecified atom stereocenters. The number of carbonyl (C=O) groups is 1. The van der Waals surface area contributed by atoms with Gasteiger partial charge in [-0.15, -0.1) is 0 Å². The summed E-state index contributed by atoms with van der Waals surface area (Å²) < 4.78 is 0. The smallest absolute Gasteiger partial charge is 0.223 e. The molecule has 1 fully saturated rings. The van der Waals surface area contributed by atoms with E-state index in [1.54, 1.807) is 0 Å². The number of rotatable bonds is 3. The highest BCUT2D eigenvalue weighted by Crippen LogP contribution is 2.24. The molecule has 1 aliphatic heterocycles. The van der Waals surface area contributed by atoms with Gasteiger partial charge in [-0.05, 0) is 18.3 Å². The van der Waals surface area contributed by atoms with Crippen molar-refractivity contribution in [2.45, 2.75) is 39.7 Å². The van der Waals surface area contributed by atoms with Crippen LogP contribution in [0.1, 0.15) is 33.6 Å². The van der Waals surface area contributed by atoms with Crippen molar-refractivity contribution in [2.75, 3.05) is 13.2 Å². The lowest BCUT2D eigenvalue weighted by atomic mass is 10.0. The largest absolute Gasteiger partial charge is 0.394 e. The highest BCUT2D eigenvalue weighted by Gasteiger charge is 2.33. The van der Waals surface area contributed by atoms with Crippen molar-refractivity contribution < 1.29 is 9.90 Å². The molecule has 0 aromatic heterocycles. The molecule has 0 aromatic rings. The first-order chi connectivity index (χ1) is 6.56. The number of carbonyl (C=O) groups excluding carboxylic acids is 1. The Hall–Kier alpha value is -0.570. The van der Waals surface area contributed by atoms with Gasteiger partial charge in [-0.25, -0.2) is 0 Å². The first-order valence-corrected chi connectivity index (χ1v) is 5.46. The molecule has 0 bridgehead atoms. The lowest BCUT2D eigenvalue weighted by Gasteiger charge is -2.25. The molecule has 1 heterocycles. The number of hydrogen-bond acceptors (Lipinski definition) is 2. The van der Waals surface area contributed by atoms with E-state index in [2.05, 4.69) is 6.92 Å². The van der Waals surface area contributed by atoms with Gasteiger partial charge in [0.05, 0.1) is 12.6 Å². The van der Waals surface area contributed by atoms with E-state index in [4.69, 9.17) is 0 Å². The maximum Gasteiger partial charge on any atom is 0.223 e. The minimum Gasteiger partial charge on any atom is -0.394 e. The van der Waals surface area contributed by atoms with E-state index in [1.807, 2.05) is 18.7 Å². The van der Waals surface area contributed by atoms with Gasteiger partial charge in [0, 0.05) is 13.0 Å². The second-order valence-corrected chi connectivity index (χ2v) is 4.70. The summed E-state index contributed by atoms with van der Waals surface area (Å²) in [5.41, 5.74) is 0. The second-order valence-electron chi connectivity index (χ2n) is 4.70. The number of hydrogen-bond donors (Lipinski definition) is 1. The van der Waals surface area contributed by atoms with Gasteiger partial charge in [-0.3, -0.25) is 4.79 Å². The average molecular weight is 199 g/mol. The molecule has 1 N–H and O–H groups in total. The first kappa shape index (κ1) is 11.5. The highest BCUT2D eigenvalue weighted by molar-refractivity contribution is 5.77. The zero-order chi connectivity index (χ0) is 10.7. The first-order valence-electron chi connectivity index (χ1n) is 5.46. The third kappa shape index (κ3) is 2.47. The minimum atomic E-state index is 0.0567. The summed E-state index contributed by atoms with van der Waals surface area (Å²) in [6, 6.07) is 0.0567. The normalized spacial score (nSPS) is 27.4. The third-order valence-corrected chi connectivity index (χ3v) is 2.97. The fraction of sp³-hybridized carbons (Fsp3) is 0.909. The van der Waals surface area contributed by atoms with E-state index in [0.29, 0.717) is 18.3 Å². The number of likely N-dealkylation sites (tertiary alicyclic amines) is 1. The van der Waals surface area contributed by atoms with Crippen LogP contribution in [0.2, 0.25) is 0 Å². The number of nitrogens with zero attached hydrogens (tertiary/aromatic N) is 1. The molecule has 14 heavy (non-hydrogen) atoms. The van der Waals surface area contributed by atoms with Crippen LogP contribution in [0.3, 0.4) is 0 Å². The molecular weight excluding hydrogens is 178 g/mol. The van der Waals surface area contributed by atoms with E-state index in [9.17, 15) is 9.90 Å². The van der Waals surface area contributed by atoms with Crippen LogP contribution >= 0.6 is 0 Å². The van der Waals surface area contributed by atoms with Crippen molar-refractivity contribution in [3.8, 4) is 0 Å². The average Bonchev–Trinajstić information content (AvgIpc) is 2.45. The van der Waals surface area contributed by atoms with Gasteiger partial charge in [0.2, 0.25) is 5.91 Å². The van der Waals surface area contributed by atoms with Gasteiger partial charge in [0.25, 0.3) is 0 Å². The zero-order valence-electron chi connectivity index (χ0n) is 9.36. The molecule has 2 atom stereocenters. The Kier molecular flexibility index (Phi) is 3.93. The predicted octanol–water partition coefficient (Wildman–Crippen LogP) is 1.26. The summed E-state index contributed by atoms with van der Waals surface area (Å²) >= 11 is 0. The van der Waals surface area contributed by atoms with Gasteiger partial charge >= 0.3 is 0 Å².